The first-order chi connectivity index (χ1) is 13.2. The van der Waals surface area contributed by atoms with Crippen LogP contribution in [0.5, 0.6) is 0 Å². The number of aryl methyl sites for hydroxylation is 1. The van der Waals surface area contributed by atoms with Crippen LogP contribution in [0.4, 0.5) is 4.79 Å². The molecule has 0 radical (unpaired) electrons. The molecule has 1 aromatic carbocycles. The molecule has 8 heteroatoms. The molecule has 0 saturated carbocycles. The van der Waals surface area contributed by atoms with E-state index in [1.54, 1.807) is 22.0 Å². The fraction of sp³-hybridized carbons (Fsp3) is 0.450. The highest BCUT2D eigenvalue weighted by Crippen LogP contribution is 2.36. The Labute approximate surface area is 168 Å². The molecule has 1 amide bonds. The number of rotatable bonds is 2. The van der Waals surface area contributed by atoms with Gasteiger partial charge in [-0.2, -0.15) is 10.2 Å². The summed E-state index contributed by atoms with van der Waals surface area (Å²) in [5.74, 6) is 0.168. The van der Waals surface area contributed by atoms with Gasteiger partial charge in [0, 0.05) is 36.5 Å². The van der Waals surface area contributed by atoms with Crippen molar-refractivity contribution in [2.24, 2.45) is 7.05 Å². The molecule has 0 bridgehead atoms. The van der Waals surface area contributed by atoms with Crippen molar-refractivity contribution >= 4 is 28.6 Å². The van der Waals surface area contributed by atoms with Crippen LogP contribution in [-0.4, -0.2) is 49.2 Å². The van der Waals surface area contributed by atoms with Gasteiger partial charge >= 0.3 is 6.09 Å². The number of amides is 1. The molecule has 1 fully saturated rings. The fourth-order valence-corrected chi connectivity index (χ4v) is 3.93. The van der Waals surface area contributed by atoms with Crippen molar-refractivity contribution in [2.75, 3.05) is 13.1 Å². The van der Waals surface area contributed by atoms with E-state index in [2.05, 4.69) is 16.3 Å². The molecule has 148 valence electrons. The summed E-state index contributed by atoms with van der Waals surface area (Å²) in [6.07, 6.45) is 6.08. The van der Waals surface area contributed by atoms with Gasteiger partial charge in [0.25, 0.3) is 0 Å². The van der Waals surface area contributed by atoms with E-state index in [9.17, 15) is 4.79 Å². The average molecular weight is 402 g/mol. The third-order valence-corrected chi connectivity index (χ3v) is 5.23. The molecular weight excluding hydrogens is 378 g/mol. The summed E-state index contributed by atoms with van der Waals surface area (Å²) in [7, 11) is 1.88. The van der Waals surface area contributed by atoms with Crippen LogP contribution in [0, 0.1) is 0 Å². The van der Waals surface area contributed by atoms with Gasteiger partial charge in [-0.15, -0.1) is 0 Å². The summed E-state index contributed by atoms with van der Waals surface area (Å²) in [5.41, 5.74) is 2.41. The first kappa shape index (κ1) is 18.8. The monoisotopic (exact) mass is 401 g/mol. The Hall–Kier alpha value is -2.54. The van der Waals surface area contributed by atoms with Crippen LogP contribution in [0.3, 0.4) is 0 Å². The molecule has 0 aliphatic carbocycles. The number of aromatic nitrogens is 4. The molecule has 3 aromatic rings. The maximum absolute atomic E-state index is 12.4. The molecular formula is C20H24ClN5O2. The van der Waals surface area contributed by atoms with E-state index in [1.165, 1.54) is 0 Å². The third-order valence-electron chi connectivity index (χ3n) is 4.90. The van der Waals surface area contributed by atoms with Crippen molar-refractivity contribution in [2.45, 2.75) is 38.7 Å². The second-order valence-electron chi connectivity index (χ2n) is 8.27. The summed E-state index contributed by atoms with van der Waals surface area (Å²) in [6.45, 7) is 6.89. The number of fused-ring (bicyclic) bond motifs is 1. The first-order valence-electron chi connectivity index (χ1n) is 9.35. The third kappa shape index (κ3) is 3.58. The zero-order chi connectivity index (χ0) is 20.1. The number of likely N-dealkylation sites (tertiary alicyclic amines) is 1. The normalized spacial score (nSPS) is 17.5. The van der Waals surface area contributed by atoms with Gasteiger partial charge in [0.05, 0.1) is 24.1 Å². The van der Waals surface area contributed by atoms with E-state index in [1.807, 2.05) is 44.8 Å². The van der Waals surface area contributed by atoms with E-state index < -0.39 is 5.60 Å². The molecule has 28 heavy (non-hydrogen) atoms. The summed E-state index contributed by atoms with van der Waals surface area (Å²) >= 11 is 6.59. The Morgan fingerprint density at radius 3 is 2.71 bits per heavy atom. The molecule has 0 spiro atoms. The quantitative estimate of drug-likeness (QED) is 0.647. The number of ether oxygens (including phenoxy) is 1. The zero-order valence-corrected chi connectivity index (χ0v) is 17.3. The van der Waals surface area contributed by atoms with Gasteiger partial charge in [0.15, 0.2) is 0 Å². The van der Waals surface area contributed by atoms with Crippen LogP contribution in [0.25, 0.3) is 16.6 Å². The maximum Gasteiger partial charge on any atom is 0.410 e. The van der Waals surface area contributed by atoms with Gasteiger partial charge in [-0.25, -0.2) is 9.48 Å². The number of hydrogen-bond donors (Lipinski definition) is 0. The molecule has 2 aromatic heterocycles. The van der Waals surface area contributed by atoms with E-state index >= 15 is 0 Å². The van der Waals surface area contributed by atoms with E-state index in [4.69, 9.17) is 16.3 Å². The lowest BCUT2D eigenvalue weighted by Crippen LogP contribution is -2.35. The van der Waals surface area contributed by atoms with Gasteiger partial charge in [-0.05, 0) is 44.9 Å². The highest BCUT2D eigenvalue weighted by Gasteiger charge is 2.31. The minimum Gasteiger partial charge on any atom is -0.444 e. The van der Waals surface area contributed by atoms with Crippen molar-refractivity contribution < 1.29 is 9.53 Å². The lowest BCUT2D eigenvalue weighted by Gasteiger charge is -2.24. The summed E-state index contributed by atoms with van der Waals surface area (Å²) in [6, 6.07) is 4.03. The molecule has 7 nitrogen and oxygen atoms in total. The number of halogens is 1. The van der Waals surface area contributed by atoms with Gasteiger partial charge in [0.2, 0.25) is 0 Å². The van der Waals surface area contributed by atoms with Gasteiger partial charge in [-0.1, -0.05) is 11.6 Å². The minimum absolute atomic E-state index is 0.168. The lowest BCUT2D eigenvalue weighted by molar-refractivity contribution is 0.0292. The molecule has 1 atom stereocenters. The highest BCUT2D eigenvalue weighted by molar-refractivity contribution is 6.32. The van der Waals surface area contributed by atoms with Crippen LogP contribution in [0.1, 0.15) is 38.7 Å². The Bertz CT molecular complexity index is 1030. The van der Waals surface area contributed by atoms with Crippen molar-refractivity contribution in [3.63, 3.8) is 0 Å². The van der Waals surface area contributed by atoms with Gasteiger partial charge < -0.3 is 9.64 Å². The smallest absolute Gasteiger partial charge is 0.410 e. The number of carbonyl (C=O) groups is 1. The van der Waals surface area contributed by atoms with Crippen LogP contribution < -0.4 is 0 Å². The largest absolute Gasteiger partial charge is 0.444 e. The predicted octanol–water partition coefficient (Wildman–Crippen LogP) is 4.14. The molecule has 1 aliphatic rings. The van der Waals surface area contributed by atoms with E-state index in [-0.39, 0.29) is 12.0 Å². The summed E-state index contributed by atoms with van der Waals surface area (Å²) in [5, 5.41) is 10.4. The summed E-state index contributed by atoms with van der Waals surface area (Å²) in [4.78, 5) is 14.1. The minimum atomic E-state index is -0.498. The van der Waals surface area contributed by atoms with Crippen LogP contribution in [0.2, 0.25) is 5.02 Å². The van der Waals surface area contributed by atoms with Gasteiger partial charge in [-0.3, -0.25) is 4.68 Å². The van der Waals surface area contributed by atoms with E-state index in [0.717, 1.165) is 28.6 Å². The molecule has 4 rings (SSSR count). The standard InChI is InChI=1S/C20H24ClN5O2/c1-20(2,3)28-19(27)25-6-5-13(11-25)16-8-18-14(7-17(16)21)9-23-26(18)15-10-22-24(4)12-15/h7-10,12-13H,5-6,11H2,1-4H3. The van der Waals surface area contributed by atoms with Crippen LogP contribution in [0.15, 0.2) is 30.7 Å². The number of hydrogen-bond acceptors (Lipinski definition) is 4. The highest BCUT2D eigenvalue weighted by atomic mass is 35.5. The fourth-order valence-electron chi connectivity index (χ4n) is 3.61. The van der Waals surface area contributed by atoms with Crippen molar-refractivity contribution in [3.05, 3.63) is 41.3 Å². The van der Waals surface area contributed by atoms with Crippen LogP contribution >= 0.6 is 11.6 Å². The Morgan fingerprint density at radius 1 is 1.25 bits per heavy atom. The van der Waals surface area contributed by atoms with Gasteiger partial charge in [0.1, 0.15) is 11.3 Å². The maximum atomic E-state index is 12.4. The SMILES string of the molecule is Cn1cc(-n2ncc3cc(Cl)c(C4CCN(C(=O)OC(C)(C)C)C4)cc32)cn1. The number of nitrogens with zero attached hydrogens (tertiary/aromatic N) is 5. The predicted molar refractivity (Wildman–Crippen MR) is 108 cm³/mol. The second-order valence-corrected chi connectivity index (χ2v) is 8.68. The molecule has 3 heterocycles. The number of carbonyl (C=O) groups excluding carboxylic acids is 1. The van der Waals surface area contributed by atoms with E-state index in [0.29, 0.717) is 18.1 Å². The van der Waals surface area contributed by atoms with Crippen molar-refractivity contribution in [1.29, 1.82) is 0 Å². The first-order valence-corrected chi connectivity index (χ1v) is 9.73. The lowest BCUT2D eigenvalue weighted by atomic mass is 9.97. The molecule has 1 unspecified atom stereocenters. The topological polar surface area (TPSA) is 65.2 Å². The number of benzene rings is 1. The molecule has 0 N–H and O–H groups in total. The Morgan fingerprint density at radius 2 is 2.04 bits per heavy atom. The van der Waals surface area contributed by atoms with Crippen LogP contribution in [-0.2, 0) is 11.8 Å². The van der Waals surface area contributed by atoms with Crippen molar-refractivity contribution in [3.8, 4) is 5.69 Å². The molecule has 1 saturated heterocycles. The Kier molecular flexibility index (Phi) is 4.57. The summed E-state index contributed by atoms with van der Waals surface area (Å²) < 4.78 is 9.11. The Balaban J connectivity index is 1.62. The zero-order valence-electron chi connectivity index (χ0n) is 16.5. The second kappa shape index (κ2) is 6.81. The van der Waals surface area contributed by atoms with Crippen molar-refractivity contribution in [1.82, 2.24) is 24.5 Å². The average Bonchev–Trinajstić information content (AvgIpc) is 3.31. The molecule has 1 aliphatic heterocycles.